The fourth-order valence-electron chi connectivity index (χ4n) is 20.2. The van der Waals surface area contributed by atoms with Crippen LogP contribution in [0.25, 0.3) is 201 Å². The van der Waals surface area contributed by atoms with Gasteiger partial charge in [0.15, 0.2) is 34.9 Å². The lowest BCUT2D eigenvalue weighted by molar-refractivity contribution is 0.353. The maximum atomic E-state index is 6.47. The van der Waals surface area contributed by atoms with Crippen LogP contribution in [0.1, 0.15) is 86.5 Å². The van der Waals surface area contributed by atoms with E-state index in [0.717, 1.165) is 105 Å². The summed E-state index contributed by atoms with van der Waals surface area (Å²) in [6, 6.07) is 134. The molecule has 0 unspecified atom stereocenters. The van der Waals surface area contributed by atoms with E-state index in [9.17, 15) is 0 Å². The molecule has 2 saturated carbocycles. The smallest absolute Gasteiger partial charge is 0.167 e. The monoisotopic (exact) mass is 1570 g/mol. The fraction of sp³-hybridized carbons (Fsp3) is 0.105. The molecule has 4 aliphatic rings. The molecule has 0 atom stereocenters. The Balaban J connectivity index is 0.000000142. The minimum Gasteiger partial charge on any atom is -0.456 e. The number of hydrogen-bond donors (Lipinski definition) is 0. The molecule has 0 amide bonds. The lowest BCUT2D eigenvalue weighted by Crippen LogP contribution is -2.28. The van der Waals surface area contributed by atoms with E-state index in [1.54, 1.807) is 0 Å². The van der Waals surface area contributed by atoms with Gasteiger partial charge in [0, 0.05) is 60.2 Å². The Kier molecular flexibility index (Phi) is 17.9. The first-order valence-corrected chi connectivity index (χ1v) is 42.9. The van der Waals surface area contributed by atoms with Crippen LogP contribution in [0.2, 0.25) is 0 Å². The third-order valence-electron chi connectivity index (χ3n) is 26.4. The van der Waals surface area contributed by atoms with Crippen LogP contribution in [-0.4, -0.2) is 29.9 Å². The molecule has 122 heavy (non-hydrogen) atoms. The highest BCUT2D eigenvalue weighted by Crippen LogP contribution is 2.58. The second-order valence-corrected chi connectivity index (χ2v) is 33.3. The quantitative estimate of drug-likeness (QED) is 0.119. The van der Waals surface area contributed by atoms with E-state index in [1.165, 1.54) is 148 Å². The Hall–Kier alpha value is -14.9. The van der Waals surface area contributed by atoms with Gasteiger partial charge in [-0.2, -0.15) is 0 Å². The number of aromatic nitrogens is 6. The molecular formula is C114H82N6O2. The number of rotatable bonds is 12. The van der Waals surface area contributed by atoms with Crippen LogP contribution in [0, 0.1) is 0 Å². The SMILES string of the molecule is c1ccc(-c2ccc(-c3nc(-c4ccc(-c5ccc(-c6ccc7c(c6)C6(CCCCC6)c6ccccc6-7)cc5)cc4)nc(-c4ccc5oc6ccccc6c5c4)n3)cc2)cc1.c1ccc(-c2cccc(-c3nc(-c4ccc(-c5ccc(-c6ccc7c(c6)C6(CCCCC6)c6ccccc6-7)cc5)cc4)nc(-c4cccc5c4oc4ccccc45)n3)c2)cc1. The lowest BCUT2D eigenvalue weighted by Gasteiger charge is -2.36. The minimum absolute atomic E-state index is 0.148. The van der Waals surface area contributed by atoms with Crippen LogP contribution in [0.3, 0.4) is 0 Å². The maximum Gasteiger partial charge on any atom is 0.167 e. The molecule has 0 saturated heterocycles. The zero-order chi connectivity index (χ0) is 80.7. The van der Waals surface area contributed by atoms with E-state index >= 15 is 0 Å². The summed E-state index contributed by atoms with van der Waals surface area (Å²) in [5, 5.41) is 4.21. The standard InChI is InChI=1S/2C57H41N3O/c1-3-13-37(14-4-1)42-15-11-16-44(35-42)55-58-54(59-56(60-55)49-20-12-19-48-47-18-6-8-22-52(47)61-53(48)49)41-29-27-39(28-30-41)38-23-25-40(26-24-38)43-31-32-46-45-17-5-7-21-50(45)57(51(46)36-43)33-9-2-10-34-57;1-3-11-37(12-4-1)38-21-25-42(26-22-38)54-58-55(60-56(59-54)45-30-32-53-49(35-45)48-14-6-8-16-52(48)61-53)43-27-23-40(24-28-43)39-17-19-41(20-18-39)44-29-31-47-46-13-5-7-15-50(46)57(51(47)36-44)33-9-2-10-34-57/h2*1,3-8,11-32,35-36H,2,9-10,33-34H2. The highest BCUT2D eigenvalue weighted by Gasteiger charge is 2.45. The van der Waals surface area contributed by atoms with Crippen molar-refractivity contribution in [3.63, 3.8) is 0 Å². The van der Waals surface area contributed by atoms with Crippen LogP contribution in [0.4, 0.5) is 0 Å². The zero-order valence-electron chi connectivity index (χ0n) is 67.4. The highest BCUT2D eigenvalue weighted by molar-refractivity contribution is 6.09. The Morgan fingerprint density at radius 2 is 0.467 bits per heavy atom. The molecule has 0 aliphatic heterocycles. The predicted octanol–water partition coefficient (Wildman–Crippen LogP) is 30.0. The van der Waals surface area contributed by atoms with Gasteiger partial charge in [-0.25, -0.2) is 29.9 Å². The van der Waals surface area contributed by atoms with E-state index in [-0.39, 0.29) is 10.8 Å². The Labute approximate surface area is 708 Å². The van der Waals surface area contributed by atoms with Crippen molar-refractivity contribution >= 4 is 43.9 Å². The van der Waals surface area contributed by atoms with Crippen molar-refractivity contribution < 1.29 is 8.83 Å². The van der Waals surface area contributed by atoms with Gasteiger partial charge < -0.3 is 8.83 Å². The van der Waals surface area contributed by atoms with Crippen molar-refractivity contribution in [3.05, 3.63) is 398 Å². The molecule has 4 aromatic heterocycles. The maximum absolute atomic E-state index is 6.47. The molecule has 2 spiro atoms. The van der Waals surface area contributed by atoms with E-state index in [1.807, 2.05) is 66.7 Å². The van der Waals surface area contributed by atoms with Gasteiger partial charge in [0.1, 0.15) is 22.3 Å². The summed E-state index contributed by atoms with van der Waals surface area (Å²) in [6.45, 7) is 0. The largest absolute Gasteiger partial charge is 0.456 e. The highest BCUT2D eigenvalue weighted by atomic mass is 16.3. The van der Waals surface area contributed by atoms with Gasteiger partial charge in [-0.3, -0.25) is 0 Å². The average Bonchev–Trinajstić information content (AvgIpc) is 1.57. The topological polar surface area (TPSA) is 104 Å². The number of para-hydroxylation sites is 3. The Morgan fingerprint density at radius 1 is 0.172 bits per heavy atom. The van der Waals surface area contributed by atoms with Crippen molar-refractivity contribution in [2.75, 3.05) is 0 Å². The van der Waals surface area contributed by atoms with Gasteiger partial charge in [0.2, 0.25) is 0 Å². The summed E-state index contributed by atoms with van der Waals surface area (Å²) in [6.07, 6.45) is 12.8. The second kappa shape index (κ2) is 30.2. The van der Waals surface area contributed by atoms with Crippen molar-refractivity contribution in [3.8, 4) is 157 Å². The number of furan rings is 2. The van der Waals surface area contributed by atoms with E-state index in [2.05, 4.69) is 309 Å². The van der Waals surface area contributed by atoms with Crippen LogP contribution in [0.15, 0.2) is 385 Å². The number of fused-ring (bicyclic) bond motifs is 16. The van der Waals surface area contributed by atoms with Crippen molar-refractivity contribution in [2.24, 2.45) is 0 Å². The van der Waals surface area contributed by atoms with Crippen LogP contribution >= 0.6 is 0 Å². The van der Waals surface area contributed by atoms with Crippen molar-refractivity contribution in [2.45, 2.75) is 75.0 Å². The van der Waals surface area contributed by atoms with Crippen LogP contribution < -0.4 is 0 Å². The van der Waals surface area contributed by atoms with Gasteiger partial charge in [-0.1, -0.05) is 360 Å². The summed E-state index contributed by atoms with van der Waals surface area (Å²) in [5.41, 5.74) is 35.1. The molecule has 0 N–H and O–H groups in total. The Morgan fingerprint density at radius 3 is 0.951 bits per heavy atom. The van der Waals surface area contributed by atoms with Gasteiger partial charge in [-0.05, 0) is 192 Å². The molecule has 580 valence electrons. The molecule has 20 aromatic rings. The number of nitrogens with zero attached hydrogens (tertiary/aromatic N) is 6. The molecule has 24 rings (SSSR count). The van der Waals surface area contributed by atoms with Gasteiger partial charge in [-0.15, -0.1) is 0 Å². The van der Waals surface area contributed by atoms with E-state index < -0.39 is 0 Å². The Bertz CT molecular complexity index is 7410. The summed E-state index contributed by atoms with van der Waals surface area (Å²) in [4.78, 5) is 30.6. The minimum atomic E-state index is 0.148. The van der Waals surface area contributed by atoms with E-state index in [0.29, 0.717) is 34.9 Å². The third kappa shape index (κ3) is 12.8. The third-order valence-corrected chi connectivity index (χ3v) is 26.4. The summed E-state index contributed by atoms with van der Waals surface area (Å²) in [7, 11) is 0. The fourth-order valence-corrected chi connectivity index (χ4v) is 20.2. The van der Waals surface area contributed by atoms with E-state index in [4.69, 9.17) is 38.7 Å². The molecule has 0 radical (unpaired) electrons. The molecule has 8 heteroatoms. The molecule has 8 nitrogen and oxygen atoms in total. The molecule has 4 aliphatic carbocycles. The summed E-state index contributed by atoms with van der Waals surface area (Å²) >= 11 is 0. The molecule has 16 aromatic carbocycles. The second-order valence-electron chi connectivity index (χ2n) is 33.3. The zero-order valence-corrected chi connectivity index (χ0v) is 67.4. The van der Waals surface area contributed by atoms with Crippen LogP contribution in [-0.2, 0) is 10.8 Å². The first kappa shape index (κ1) is 72.4. The predicted molar refractivity (Wildman–Crippen MR) is 498 cm³/mol. The van der Waals surface area contributed by atoms with Gasteiger partial charge in [0.25, 0.3) is 0 Å². The molecule has 0 bridgehead atoms. The van der Waals surface area contributed by atoms with Gasteiger partial charge >= 0.3 is 0 Å². The molecule has 4 heterocycles. The van der Waals surface area contributed by atoms with Crippen molar-refractivity contribution in [1.29, 1.82) is 0 Å². The lowest BCUT2D eigenvalue weighted by atomic mass is 9.67. The molecule has 2 fully saturated rings. The number of hydrogen-bond acceptors (Lipinski definition) is 8. The summed E-state index contributed by atoms with van der Waals surface area (Å²) in [5.74, 6) is 3.65. The first-order chi connectivity index (χ1) is 60.3. The first-order valence-electron chi connectivity index (χ1n) is 42.9. The summed E-state index contributed by atoms with van der Waals surface area (Å²) < 4.78 is 12.6. The van der Waals surface area contributed by atoms with Crippen LogP contribution in [0.5, 0.6) is 0 Å². The molecular weight excluding hydrogens is 1490 g/mol. The normalized spacial score (nSPS) is 14.0. The average molecular weight is 1570 g/mol. The number of benzene rings is 16. The van der Waals surface area contributed by atoms with Crippen molar-refractivity contribution in [1.82, 2.24) is 29.9 Å². The van der Waals surface area contributed by atoms with Gasteiger partial charge in [0.05, 0.1) is 5.56 Å².